The molecule has 0 radical (unpaired) electrons. The third-order valence-corrected chi connectivity index (χ3v) is 16.1. The lowest BCUT2D eigenvalue weighted by molar-refractivity contribution is 0.615. The van der Waals surface area contributed by atoms with E-state index in [-0.39, 0.29) is 16.2 Å². The lowest BCUT2D eigenvalue weighted by Crippen LogP contribution is -2.30. The van der Waals surface area contributed by atoms with Gasteiger partial charge in [0, 0.05) is 61.6 Å². The maximum atomic E-state index is 4.22. The molecule has 4 bridgehead atoms. The fourth-order valence-corrected chi connectivity index (χ4v) is 11.6. The maximum absolute atomic E-state index is 4.22. The molecule has 0 aromatic heterocycles. The first-order chi connectivity index (χ1) is 33.2. The van der Waals surface area contributed by atoms with Gasteiger partial charge in [-0.1, -0.05) is 160 Å². The first-order valence-corrected chi connectivity index (χ1v) is 25.4. The summed E-state index contributed by atoms with van der Waals surface area (Å²) >= 11 is 0. The van der Waals surface area contributed by atoms with Crippen molar-refractivity contribution in [2.45, 2.75) is 98.8 Å². The Balaban J connectivity index is 0.00000293. The van der Waals surface area contributed by atoms with Crippen molar-refractivity contribution in [1.82, 2.24) is 0 Å². The van der Waals surface area contributed by atoms with Gasteiger partial charge >= 0.3 is 0 Å². The van der Waals surface area contributed by atoms with Crippen LogP contribution in [0.1, 0.15) is 115 Å². The highest BCUT2D eigenvalue weighted by Crippen LogP contribution is 2.57. The maximum Gasteiger partial charge on any atom is 0.0507 e. The van der Waals surface area contributed by atoms with E-state index in [0.717, 1.165) is 40.6 Å². The Labute approximate surface area is 415 Å². The molecule has 2 aliphatic heterocycles. The van der Waals surface area contributed by atoms with E-state index in [0.29, 0.717) is 0 Å². The molecule has 0 saturated carbocycles. The van der Waals surface area contributed by atoms with E-state index in [1.807, 2.05) is 19.9 Å². The van der Waals surface area contributed by atoms with Gasteiger partial charge in [0.15, 0.2) is 0 Å². The summed E-state index contributed by atoms with van der Waals surface area (Å²) in [7, 11) is 3.03. The zero-order valence-corrected chi connectivity index (χ0v) is 43.7. The lowest BCUT2D eigenvalue weighted by atomic mass is 9.69. The number of para-hydroxylation sites is 3. The second kappa shape index (κ2) is 18.3. The lowest BCUT2D eigenvalue weighted by Gasteiger charge is -2.40. The zero-order valence-electron chi connectivity index (χ0n) is 42.6. The van der Waals surface area contributed by atoms with Crippen molar-refractivity contribution in [3.8, 4) is 22.3 Å². The van der Waals surface area contributed by atoms with Crippen molar-refractivity contribution in [1.29, 1.82) is 0 Å². The average molecular weight is 922 g/mol. The summed E-state index contributed by atoms with van der Waals surface area (Å²) in [6.07, 6.45) is 9.58. The minimum absolute atomic E-state index is 0.161. The van der Waals surface area contributed by atoms with Gasteiger partial charge in [-0.25, -0.2) is 0 Å². The summed E-state index contributed by atoms with van der Waals surface area (Å²) in [4.78, 5) is 4.81. The van der Waals surface area contributed by atoms with Crippen LogP contribution in [0.4, 0.5) is 39.8 Å². The molecule has 0 spiro atoms. The Morgan fingerprint density at radius 3 is 1.80 bits per heavy atom. The molecule has 3 aliphatic rings. The van der Waals surface area contributed by atoms with Crippen LogP contribution in [-0.4, -0.2) is 0 Å². The standard InChI is InChI=1S/C63H62N3P.C2H6/c1-11-13-16-22-40(3)65(44-23-17-14-18-24-44)46-31-29-42(30-32-46)43-35-51-41(4)55(36-43)61(5,6)53-27-21-28-54-59(53)64-58-52(51)37-48(39-57(58)62(54,7)8)66(45-25-19-15-20-26-45)47-33-34-50-49(12-2)60(67)63(9,10)56(50)38-47;1-2/h12-39,64H,2,11,67H2,1,3-10H3;1-2H3/b16-13-,40-22+;. The SMILES string of the molecule is C=CC1=C(P)C(C)(C)c2cc(N(c3ccccc3)c3cc4c5c(c3)C(C)(C)c3cccc(c3N5)C(C)(C)c3cc(-c5ccc(N(/C(C)=C/C=C\CC)c6ccccc6)cc5)cc-4c3C)ccc21.CC. The molecular weight excluding hydrogens is 854 g/mol. The predicted molar refractivity (Wildman–Crippen MR) is 304 cm³/mol. The number of benzene rings is 7. The Kier molecular flexibility index (Phi) is 12.6. The van der Waals surface area contributed by atoms with Crippen LogP contribution in [0.5, 0.6) is 0 Å². The molecule has 0 fully saturated rings. The Hall–Kier alpha value is -6.67. The van der Waals surface area contributed by atoms with Crippen molar-refractivity contribution in [2.24, 2.45) is 0 Å². The molecule has 3 nitrogen and oxygen atoms in total. The van der Waals surface area contributed by atoms with Crippen LogP contribution in [0.3, 0.4) is 0 Å². The number of anilines is 7. The van der Waals surface area contributed by atoms with Gasteiger partial charge in [-0.15, -0.1) is 9.24 Å². The molecular formula is C65H68N3P. The second-order valence-electron chi connectivity index (χ2n) is 20.1. The monoisotopic (exact) mass is 922 g/mol. The average Bonchev–Trinajstić information content (AvgIpc) is 3.55. The van der Waals surface area contributed by atoms with Gasteiger partial charge in [0.25, 0.3) is 0 Å². The van der Waals surface area contributed by atoms with Crippen LogP contribution in [-0.2, 0) is 16.2 Å². The minimum Gasteiger partial charge on any atom is -0.354 e. The van der Waals surface area contributed by atoms with Gasteiger partial charge in [0.05, 0.1) is 5.69 Å². The first kappa shape index (κ1) is 47.4. The van der Waals surface area contributed by atoms with E-state index in [2.05, 4.69) is 257 Å². The topological polar surface area (TPSA) is 18.5 Å². The fourth-order valence-electron chi connectivity index (χ4n) is 11.2. The van der Waals surface area contributed by atoms with Crippen LogP contribution >= 0.6 is 9.24 Å². The van der Waals surface area contributed by atoms with Crippen molar-refractivity contribution in [3.63, 3.8) is 0 Å². The third-order valence-electron chi connectivity index (χ3n) is 15.0. The van der Waals surface area contributed by atoms with Crippen molar-refractivity contribution in [2.75, 3.05) is 15.1 Å². The molecule has 4 heteroatoms. The normalized spacial score (nSPS) is 15.5. The van der Waals surface area contributed by atoms with E-state index in [1.54, 1.807) is 0 Å². The van der Waals surface area contributed by atoms with Crippen LogP contribution in [0, 0.1) is 6.92 Å². The smallest absolute Gasteiger partial charge is 0.0507 e. The van der Waals surface area contributed by atoms with Crippen molar-refractivity contribution >= 4 is 54.6 Å². The van der Waals surface area contributed by atoms with Gasteiger partial charge in [-0.05, 0) is 166 Å². The molecule has 1 aliphatic carbocycles. The molecule has 0 amide bonds. The van der Waals surface area contributed by atoms with Gasteiger partial charge in [0.2, 0.25) is 0 Å². The highest BCUT2D eigenvalue weighted by molar-refractivity contribution is 7.23. The Morgan fingerprint density at radius 2 is 1.16 bits per heavy atom. The van der Waals surface area contributed by atoms with E-state index >= 15 is 0 Å². The number of allylic oxidation sites excluding steroid dienone is 7. The summed E-state index contributed by atoms with van der Waals surface area (Å²) in [6.45, 7) is 29.2. The fraction of sp³-hybridized carbons (Fsp3) is 0.231. The predicted octanol–water partition coefficient (Wildman–Crippen LogP) is 18.9. The number of fused-ring (bicyclic) bond motifs is 4. The molecule has 7 aromatic rings. The largest absolute Gasteiger partial charge is 0.354 e. The highest BCUT2D eigenvalue weighted by atomic mass is 31.0. The van der Waals surface area contributed by atoms with Crippen LogP contribution in [0.2, 0.25) is 0 Å². The summed E-state index contributed by atoms with van der Waals surface area (Å²) in [5.74, 6) is 0. The Morgan fingerprint density at radius 1 is 0.565 bits per heavy atom. The van der Waals surface area contributed by atoms with Gasteiger partial charge in [-0.2, -0.15) is 0 Å². The third kappa shape index (κ3) is 7.90. The summed E-state index contributed by atoms with van der Waals surface area (Å²) in [5, 5.41) is 5.42. The van der Waals surface area contributed by atoms with E-state index < -0.39 is 0 Å². The van der Waals surface area contributed by atoms with E-state index in [4.69, 9.17) is 0 Å². The van der Waals surface area contributed by atoms with Gasteiger partial charge < -0.3 is 15.1 Å². The van der Waals surface area contributed by atoms with Crippen LogP contribution in [0.25, 0.3) is 27.8 Å². The van der Waals surface area contributed by atoms with Crippen LogP contribution < -0.4 is 15.1 Å². The highest BCUT2D eigenvalue weighted by Gasteiger charge is 2.41. The molecule has 10 rings (SSSR count). The molecule has 7 aromatic carbocycles. The summed E-state index contributed by atoms with van der Waals surface area (Å²) < 4.78 is 0. The molecule has 1 N–H and O–H groups in total. The number of hydrogen-bond donors (Lipinski definition) is 1. The number of nitrogens with one attached hydrogen (secondary N) is 1. The Bertz CT molecular complexity index is 3200. The molecule has 348 valence electrons. The summed E-state index contributed by atoms with van der Waals surface area (Å²) in [5.41, 5.74) is 23.6. The minimum atomic E-state index is -0.314. The summed E-state index contributed by atoms with van der Waals surface area (Å²) in [6, 6.07) is 54.5. The van der Waals surface area contributed by atoms with Crippen LogP contribution in [0.15, 0.2) is 187 Å². The van der Waals surface area contributed by atoms with Crippen molar-refractivity contribution in [3.05, 3.63) is 226 Å². The second-order valence-corrected chi connectivity index (χ2v) is 20.7. The van der Waals surface area contributed by atoms with Gasteiger partial charge in [-0.3, -0.25) is 0 Å². The quantitative estimate of drug-likeness (QED) is 0.109. The van der Waals surface area contributed by atoms with E-state index in [1.165, 1.54) is 83.5 Å². The number of rotatable bonds is 10. The number of nitrogens with zero attached hydrogens (tertiary/aromatic N) is 2. The zero-order chi connectivity index (χ0) is 49.0. The molecule has 1 atom stereocenters. The van der Waals surface area contributed by atoms with Crippen molar-refractivity contribution < 1.29 is 0 Å². The first-order valence-electron chi connectivity index (χ1n) is 24.8. The molecule has 2 heterocycles. The number of hydrogen-bond acceptors (Lipinski definition) is 3. The van der Waals surface area contributed by atoms with E-state index in [9.17, 15) is 0 Å². The molecule has 69 heavy (non-hydrogen) atoms. The molecule has 1 unspecified atom stereocenters. The molecule has 0 saturated heterocycles. The van der Waals surface area contributed by atoms with Gasteiger partial charge in [0.1, 0.15) is 0 Å².